The Morgan fingerprint density at radius 3 is 2.30 bits per heavy atom. The molecule has 6 nitrogen and oxygen atoms in total. The van der Waals surface area contributed by atoms with Crippen molar-refractivity contribution in [3.8, 4) is 0 Å². The predicted octanol–water partition coefficient (Wildman–Crippen LogP) is 2.88. The molecule has 1 N–H and O–H groups in total. The number of halogens is 2. The van der Waals surface area contributed by atoms with Gasteiger partial charge in [-0.25, -0.2) is 13.1 Å². The standard InChI is InChI=1S/C17H28Cl2N2O4SSi/c1-11-12(18)15(25-27(5)6)16(26(22,23)20-17(2,3)4)13(19)14(11)21-7-9-24-10-8-21/h14,20,27H,1,7-10H2,2-6H3. The van der Waals surface area contributed by atoms with E-state index >= 15 is 0 Å². The Morgan fingerprint density at radius 2 is 1.81 bits per heavy atom. The molecule has 0 aromatic carbocycles. The predicted molar refractivity (Wildman–Crippen MR) is 113 cm³/mol. The molecule has 1 atom stereocenters. The van der Waals surface area contributed by atoms with Crippen molar-refractivity contribution in [2.75, 3.05) is 26.3 Å². The second kappa shape index (κ2) is 8.57. The highest BCUT2D eigenvalue weighted by atomic mass is 35.5. The van der Waals surface area contributed by atoms with Gasteiger partial charge in [-0.1, -0.05) is 29.8 Å². The zero-order valence-electron chi connectivity index (χ0n) is 16.4. The van der Waals surface area contributed by atoms with E-state index in [0.29, 0.717) is 31.9 Å². The molecule has 1 aliphatic carbocycles. The van der Waals surface area contributed by atoms with Gasteiger partial charge in [0.2, 0.25) is 19.1 Å². The van der Waals surface area contributed by atoms with Crippen LogP contribution in [0.25, 0.3) is 0 Å². The van der Waals surface area contributed by atoms with Crippen LogP contribution in [0.15, 0.2) is 32.9 Å². The lowest BCUT2D eigenvalue weighted by Gasteiger charge is -2.39. The molecule has 1 heterocycles. The summed E-state index contributed by atoms with van der Waals surface area (Å²) in [7, 11) is -5.62. The summed E-state index contributed by atoms with van der Waals surface area (Å²) in [6.07, 6.45) is 0. The van der Waals surface area contributed by atoms with Crippen LogP contribution in [0.3, 0.4) is 0 Å². The molecule has 1 unspecified atom stereocenters. The SMILES string of the molecule is C=C1C(Cl)=C(O[SiH](C)C)C(S(=O)(=O)NC(C)(C)C)=C(Cl)C1N1CCOCC1. The van der Waals surface area contributed by atoms with Crippen molar-refractivity contribution in [1.82, 2.24) is 9.62 Å². The first kappa shape index (κ1) is 22.9. The fourth-order valence-corrected chi connectivity index (χ4v) is 6.51. The van der Waals surface area contributed by atoms with E-state index in [1.54, 1.807) is 20.8 Å². The summed E-state index contributed by atoms with van der Waals surface area (Å²) in [5, 5.41) is 0.374. The fraction of sp³-hybridized carbons (Fsp3) is 0.647. The van der Waals surface area contributed by atoms with Gasteiger partial charge >= 0.3 is 0 Å². The van der Waals surface area contributed by atoms with Crippen molar-refractivity contribution >= 4 is 42.3 Å². The molecule has 1 fully saturated rings. The zero-order valence-corrected chi connectivity index (χ0v) is 19.9. The molecule has 0 aromatic rings. The van der Waals surface area contributed by atoms with Crippen LogP contribution in [-0.4, -0.2) is 60.2 Å². The molecule has 0 aromatic heterocycles. The van der Waals surface area contributed by atoms with E-state index in [4.69, 9.17) is 32.4 Å². The minimum atomic E-state index is -3.96. The third-order valence-corrected chi connectivity index (χ3v) is 7.40. The molecule has 0 radical (unpaired) electrons. The van der Waals surface area contributed by atoms with Gasteiger partial charge in [0.15, 0.2) is 0 Å². The summed E-state index contributed by atoms with van der Waals surface area (Å²) in [4.78, 5) is 1.95. The molecular weight excluding hydrogens is 427 g/mol. The second-order valence-corrected chi connectivity index (χ2v) is 12.7. The third-order valence-electron chi connectivity index (χ3n) is 3.95. The molecule has 2 aliphatic rings. The average Bonchev–Trinajstić information content (AvgIpc) is 2.50. The lowest BCUT2D eigenvalue weighted by Crippen LogP contribution is -2.48. The van der Waals surface area contributed by atoms with Gasteiger partial charge in [-0.05, 0) is 39.4 Å². The van der Waals surface area contributed by atoms with Gasteiger partial charge in [0.05, 0.1) is 29.3 Å². The number of nitrogens with zero attached hydrogens (tertiary/aromatic N) is 1. The molecule has 2 rings (SSSR count). The average molecular weight is 455 g/mol. The fourth-order valence-electron chi connectivity index (χ4n) is 3.01. The molecular formula is C17H28Cl2N2O4SSi. The van der Waals surface area contributed by atoms with Crippen LogP contribution >= 0.6 is 23.2 Å². The Labute approximate surface area is 174 Å². The van der Waals surface area contributed by atoms with Gasteiger partial charge in [0, 0.05) is 18.6 Å². The van der Waals surface area contributed by atoms with E-state index in [1.807, 2.05) is 18.0 Å². The van der Waals surface area contributed by atoms with Crippen molar-refractivity contribution in [3.63, 3.8) is 0 Å². The van der Waals surface area contributed by atoms with Crippen LogP contribution < -0.4 is 4.72 Å². The van der Waals surface area contributed by atoms with Crippen LogP contribution in [0, 0.1) is 0 Å². The highest BCUT2D eigenvalue weighted by molar-refractivity contribution is 7.93. The number of morpholine rings is 1. The van der Waals surface area contributed by atoms with Crippen molar-refractivity contribution in [3.05, 3.63) is 32.9 Å². The largest absolute Gasteiger partial charge is 0.545 e. The number of sulfonamides is 1. The molecule has 0 amide bonds. The summed E-state index contributed by atoms with van der Waals surface area (Å²) in [5.41, 5.74) is -0.137. The summed E-state index contributed by atoms with van der Waals surface area (Å²) in [5.74, 6) is 0.106. The first-order chi connectivity index (χ1) is 12.3. The highest BCUT2D eigenvalue weighted by Crippen LogP contribution is 2.43. The van der Waals surface area contributed by atoms with Crippen molar-refractivity contribution in [2.45, 2.75) is 45.4 Å². The monoisotopic (exact) mass is 454 g/mol. The number of hydrogen-bond acceptors (Lipinski definition) is 5. The Hall–Kier alpha value is -0.353. The summed E-state index contributed by atoms with van der Waals surface area (Å²) in [6.45, 7) is 15.6. The summed E-state index contributed by atoms with van der Waals surface area (Å²) < 4.78 is 40.4. The van der Waals surface area contributed by atoms with Crippen LogP contribution in [0.5, 0.6) is 0 Å². The lowest BCUT2D eigenvalue weighted by atomic mass is 9.99. The van der Waals surface area contributed by atoms with Gasteiger partial charge in [-0.2, -0.15) is 0 Å². The molecule has 1 aliphatic heterocycles. The summed E-state index contributed by atoms with van der Waals surface area (Å²) >= 11 is 13.3. The topological polar surface area (TPSA) is 67.9 Å². The molecule has 0 spiro atoms. The van der Waals surface area contributed by atoms with Crippen LogP contribution in [-0.2, 0) is 19.2 Å². The lowest BCUT2D eigenvalue weighted by molar-refractivity contribution is 0.0308. The Balaban J connectivity index is 2.62. The molecule has 1 saturated heterocycles. The summed E-state index contributed by atoms with van der Waals surface area (Å²) in [6, 6.07) is -0.518. The minimum absolute atomic E-state index is 0.0887. The maximum absolute atomic E-state index is 13.2. The number of ether oxygens (including phenoxy) is 1. The van der Waals surface area contributed by atoms with Gasteiger partial charge in [0.25, 0.3) is 0 Å². The van der Waals surface area contributed by atoms with Crippen LogP contribution in [0.2, 0.25) is 13.1 Å². The van der Waals surface area contributed by atoms with Crippen molar-refractivity contribution in [1.29, 1.82) is 0 Å². The van der Waals surface area contributed by atoms with Crippen molar-refractivity contribution < 1.29 is 17.6 Å². The van der Waals surface area contributed by atoms with Crippen LogP contribution in [0.4, 0.5) is 0 Å². The van der Waals surface area contributed by atoms with E-state index in [1.165, 1.54) is 0 Å². The zero-order chi connectivity index (χ0) is 20.6. The number of nitrogens with one attached hydrogen (secondary N) is 1. The third kappa shape index (κ3) is 5.38. The van der Waals surface area contributed by atoms with E-state index in [0.717, 1.165) is 0 Å². The molecule has 10 heteroatoms. The van der Waals surface area contributed by atoms with E-state index in [-0.39, 0.29) is 20.7 Å². The highest BCUT2D eigenvalue weighted by Gasteiger charge is 2.42. The van der Waals surface area contributed by atoms with Crippen molar-refractivity contribution in [2.24, 2.45) is 0 Å². The Kier molecular flexibility index (Phi) is 7.28. The van der Waals surface area contributed by atoms with E-state index < -0.39 is 30.6 Å². The molecule has 27 heavy (non-hydrogen) atoms. The first-order valence-electron chi connectivity index (χ1n) is 8.86. The Bertz CT molecular complexity index is 766. The number of rotatable bonds is 5. The molecule has 0 saturated carbocycles. The molecule has 0 bridgehead atoms. The van der Waals surface area contributed by atoms with Gasteiger partial charge in [0.1, 0.15) is 10.7 Å². The van der Waals surface area contributed by atoms with Gasteiger partial charge < -0.3 is 9.16 Å². The quantitative estimate of drug-likeness (QED) is 0.646. The van der Waals surface area contributed by atoms with Crippen LogP contribution in [0.1, 0.15) is 20.8 Å². The minimum Gasteiger partial charge on any atom is -0.545 e. The smallest absolute Gasteiger partial charge is 0.245 e. The first-order valence-corrected chi connectivity index (χ1v) is 13.9. The van der Waals surface area contributed by atoms with E-state index in [2.05, 4.69) is 11.3 Å². The second-order valence-electron chi connectivity index (χ2n) is 7.92. The van der Waals surface area contributed by atoms with Gasteiger partial charge in [-0.15, -0.1) is 0 Å². The maximum atomic E-state index is 13.2. The Morgan fingerprint density at radius 1 is 1.26 bits per heavy atom. The van der Waals surface area contributed by atoms with E-state index in [9.17, 15) is 8.42 Å². The normalized spacial score (nSPS) is 23.4. The molecule has 154 valence electrons. The number of hydrogen-bond donors (Lipinski definition) is 1. The maximum Gasteiger partial charge on any atom is 0.245 e. The van der Waals surface area contributed by atoms with Gasteiger partial charge in [-0.3, -0.25) is 4.90 Å².